The Kier molecular flexibility index (Phi) is 4.99. The number of halogens is 2. The molecular formula is C21H26F2. The maximum atomic E-state index is 14.6. The van der Waals surface area contributed by atoms with Gasteiger partial charge in [-0.2, -0.15) is 0 Å². The molecule has 2 unspecified atom stereocenters. The van der Waals surface area contributed by atoms with Crippen LogP contribution in [0.3, 0.4) is 0 Å². The monoisotopic (exact) mass is 316 g/mol. The van der Waals surface area contributed by atoms with E-state index in [0.29, 0.717) is 23.0 Å². The first kappa shape index (κ1) is 16.4. The third-order valence-corrected chi connectivity index (χ3v) is 5.69. The van der Waals surface area contributed by atoms with Crippen molar-refractivity contribution in [2.24, 2.45) is 11.8 Å². The molecule has 0 nitrogen and oxygen atoms in total. The molecule has 23 heavy (non-hydrogen) atoms. The number of hydrogen-bond acceptors (Lipinski definition) is 0. The molecule has 124 valence electrons. The highest BCUT2D eigenvalue weighted by atomic mass is 19.2. The minimum Gasteiger partial charge on any atom is -0.203 e. The van der Waals surface area contributed by atoms with E-state index in [-0.39, 0.29) is 11.8 Å². The normalized spacial score (nSPS) is 31.1. The largest absolute Gasteiger partial charge is 0.203 e. The SMILES string of the molecule is C=CC1CCC(c2ccc(C3C=CC(C)CC3)c(F)c2F)CC1. The van der Waals surface area contributed by atoms with Crippen molar-refractivity contribution in [1.82, 2.24) is 0 Å². The lowest BCUT2D eigenvalue weighted by Crippen LogP contribution is -2.15. The molecule has 0 spiro atoms. The van der Waals surface area contributed by atoms with Gasteiger partial charge >= 0.3 is 0 Å². The molecular weight excluding hydrogens is 290 g/mol. The van der Waals surface area contributed by atoms with Gasteiger partial charge in [-0.3, -0.25) is 0 Å². The highest BCUT2D eigenvalue weighted by molar-refractivity contribution is 5.34. The van der Waals surface area contributed by atoms with Crippen LogP contribution in [0, 0.1) is 23.5 Å². The van der Waals surface area contributed by atoms with Gasteiger partial charge in [0, 0.05) is 5.92 Å². The van der Waals surface area contributed by atoms with Gasteiger partial charge in [-0.25, -0.2) is 8.78 Å². The van der Waals surface area contributed by atoms with Crippen LogP contribution in [0.2, 0.25) is 0 Å². The maximum Gasteiger partial charge on any atom is 0.162 e. The predicted molar refractivity (Wildman–Crippen MR) is 91.5 cm³/mol. The molecule has 2 heteroatoms. The number of rotatable bonds is 3. The van der Waals surface area contributed by atoms with Crippen LogP contribution < -0.4 is 0 Å². The third kappa shape index (κ3) is 3.41. The van der Waals surface area contributed by atoms with E-state index >= 15 is 0 Å². The Bertz CT molecular complexity index is 594. The fourth-order valence-electron chi connectivity index (χ4n) is 4.06. The van der Waals surface area contributed by atoms with Crippen LogP contribution in [-0.4, -0.2) is 0 Å². The molecule has 0 amide bonds. The Morgan fingerprint density at radius 2 is 1.57 bits per heavy atom. The molecule has 2 aliphatic rings. The van der Waals surface area contributed by atoms with E-state index in [0.717, 1.165) is 38.5 Å². The molecule has 1 saturated carbocycles. The Balaban J connectivity index is 1.81. The van der Waals surface area contributed by atoms with E-state index in [2.05, 4.69) is 19.6 Å². The van der Waals surface area contributed by atoms with E-state index in [1.165, 1.54) is 0 Å². The van der Waals surface area contributed by atoms with Gasteiger partial charge in [-0.1, -0.05) is 37.3 Å². The lowest BCUT2D eigenvalue weighted by Gasteiger charge is -2.28. The second-order valence-corrected chi connectivity index (χ2v) is 7.27. The molecule has 2 aliphatic carbocycles. The predicted octanol–water partition coefficient (Wildman–Crippen LogP) is 6.49. The van der Waals surface area contributed by atoms with Crippen molar-refractivity contribution in [2.45, 2.75) is 57.3 Å². The molecule has 0 heterocycles. The molecule has 0 aromatic heterocycles. The van der Waals surface area contributed by atoms with Crippen LogP contribution in [0.25, 0.3) is 0 Å². The van der Waals surface area contributed by atoms with Crippen molar-refractivity contribution in [3.05, 3.63) is 59.7 Å². The van der Waals surface area contributed by atoms with Crippen molar-refractivity contribution in [1.29, 1.82) is 0 Å². The molecule has 1 aromatic rings. The average molecular weight is 316 g/mol. The summed E-state index contributed by atoms with van der Waals surface area (Å²) in [6.45, 7) is 6.00. The van der Waals surface area contributed by atoms with Crippen LogP contribution in [0.1, 0.15) is 68.4 Å². The second-order valence-electron chi connectivity index (χ2n) is 7.27. The van der Waals surface area contributed by atoms with E-state index in [1.54, 1.807) is 0 Å². The van der Waals surface area contributed by atoms with Gasteiger partial charge in [0.15, 0.2) is 11.6 Å². The van der Waals surface area contributed by atoms with Gasteiger partial charge < -0.3 is 0 Å². The number of allylic oxidation sites excluding steroid dienone is 3. The van der Waals surface area contributed by atoms with Crippen LogP contribution in [-0.2, 0) is 0 Å². The molecule has 0 aliphatic heterocycles. The topological polar surface area (TPSA) is 0 Å². The maximum absolute atomic E-state index is 14.6. The van der Waals surface area contributed by atoms with E-state index in [9.17, 15) is 8.78 Å². The zero-order chi connectivity index (χ0) is 16.4. The third-order valence-electron chi connectivity index (χ3n) is 5.69. The molecule has 3 rings (SSSR count). The van der Waals surface area contributed by atoms with Crippen molar-refractivity contribution >= 4 is 0 Å². The Hall–Kier alpha value is -1.44. The van der Waals surface area contributed by atoms with E-state index in [1.807, 2.05) is 24.3 Å². The van der Waals surface area contributed by atoms with E-state index in [4.69, 9.17) is 0 Å². The Morgan fingerprint density at radius 1 is 0.913 bits per heavy atom. The summed E-state index contributed by atoms with van der Waals surface area (Å²) in [4.78, 5) is 0. The van der Waals surface area contributed by atoms with Crippen molar-refractivity contribution in [2.75, 3.05) is 0 Å². The molecule has 2 atom stereocenters. The Labute approximate surface area is 138 Å². The minimum absolute atomic E-state index is 0.0197. The summed E-state index contributed by atoms with van der Waals surface area (Å²) in [6.07, 6.45) is 12.0. The highest BCUT2D eigenvalue weighted by Gasteiger charge is 2.27. The van der Waals surface area contributed by atoms with Crippen LogP contribution in [0.4, 0.5) is 8.78 Å². The van der Waals surface area contributed by atoms with Gasteiger partial charge in [0.25, 0.3) is 0 Å². The van der Waals surface area contributed by atoms with Crippen LogP contribution in [0.5, 0.6) is 0 Å². The van der Waals surface area contributed by atoms with Crippen molar-refractivity contribution in [3.63, 3.8) is 0 Å². The summed E-state index contributed by atoms with van der Waals surface area (Å²) >= 11 is 0. The van der Waals surface area contributed by atoms with Crippen LogP contribution in [0.15, 0.2) is 36.9 Å². The fourth-order valence-corrected chi connectivity index (χ4v) is 4.06. The first-order valence-corrected chi connectivity index (χ1v) is 8.88. The summed E-state index contributed by atoms with van der Waals surface area (Å²) in [7, 11) is 0. The average Bonchev–Trinajstić information content (AvgIpc) is 2.58. The first-order chi connectivity index (χ1) is 11.1. The zero-order valence-corrected chi connectivity index (χ0v) is 13.9. The number of benzene rings is 1. The summed E-state index contributed by atoms with van der Waals surface area (Å²) < 4.78 is 29.3. The van der Waals surface area contributed by atoms with E-state index < -0.39 is 11.6 Å². The quantitative estimate of drug-likeness (QED) is 0.559. The molecule has 0 radical (unpaired) electrons. The fraction of sp³-hybridized carbons (Fsp3) is 0.524. The summed E-state index contributed by atoms with van der Waals surface area (Å²) in [5, 5.41) is 0. The standard InChI is InChI=1S/C21H26F2/c1-3-15-6-10-17(11-7-15)19-13-12-18(20(22)21(19)23)16-8-4-14(2)5-9-16/h3-4,8,12-17H,1,5-7,9-11H2,2H3. The molecule has 1 aromatic carbocycles. The first-order valence-electron chi connectivity index (χ1n) is 8.88. The molecule has 1 fully saturated rings. The summed E-state index contributed by atoms with van der Waals surface area (Å²) in [6, 6.07) is 3.65. The van der Waals surface area contributed by atoms with Crippen molar-refractivity contribution < 1.29 is 8.78 Å². The van der Waals surface area contributed by atoms with Crippen LogP contribution >= 0.6 is 0 Å². The van der Waals surface area contributed by atoms with Gasteiger partial charge in [0.2, 0.25) is 0 Å². The highest BCUT2D eigenvalue weighted by Crippen LogP contribution is 2.39. The zero-order valence-electron chi connectivity index (χ0n) is 13.9. The second kappa shape index (κ2) is 6.98. The smallest absolute Gasteiger partial charge is 0.162 e. The summed E-state index contributed by atoms with van der Waals surface area (Å²) in [5.74, 6) is 0.00307. The summed E-state index contributed by atoms with van der Waals surface area (Å²) in [5.41, 5.74) is 1.09. The molecule has 0 bridgehead atoms. The van der Waals surface area contributed by atoms with Crippen molar-refractivity contribution in [3.8, 4) is 0 Å². The van der Waals surface area contributed by atoms with Gasteiger partial charge in [0.1, 0.15) is 0 Å². The number of hydrogen-bond donors (Lipinski definition) is 0. The van der Waals surface area contributed by atoms with Gasteiger partial charge in [-0.05, 0) is 67.4 Å². The lowest BCUT2D eigenvalue weighted by atomic mass is 9.77. The Morgan fingerprint density at radius 3 is 2.17 bits per heavy atom. The molecule has 0 N–H and O–H groups in total. The minimum atomic E-state index is -0.627. The molecule has 0 saturated heterocycles. The van der Waals surface area contributed by atoms with Gasteiger partial charge in [0.05, 0.1) is 0 Å². The lowest BCUT2D eigenvalue weighted by molar-refractivity contribution is 0.363. The van der Waals surface area contributed by atoms with Gasteiger partial charge in [-0.15, -0.1) is 6.58 Å².